The number of aliphatic hydroxyl groups excluding tert-OH is 1. The Bertz CT molecular complexity index is 621. The molecule has 2 heterocycles. The zero-order chi connectivity index (χ0) is 14.8. The molecule has 2 aromatic heterocycles. The fourth-order valence-corrected chi connectivity index (χ4v) is 2.63. The molecule has 7 heteroatoms. The highest BCUT2D eigenvalue weighted by atomic mass is 16.3. The minimum Gasteiger partial charge on any atom is -0.393 e. The van der Waals surface area contributed by atoms with Crippen LogP contribution in [-0.4, -0.2) is 37.1 Å². The second-order valence-corrected chi connectivity index (χ2v) is 5.41. The zero-order valence-corrected chi connectivity index (χ0v) is 11.7. The maximum Gasteiger partial charge on any atom is 0.253 e. The van der Waals surface area contributed by atoms with E-state index in [1.54, 1.807) is 16.9 Å². The van der Waals surface area contributed by atoms with E-state index in [2.05, 4.69) is 20.6 Å². The fourth-order valence-electron chi connectivity index (χ4n) is 2.63. The number of aromatic nitrogens is 4. The van der Waals surface area contributed by atoms with Gasteiger partial charge in [0.25, 0.3) is 5.91 Å². The summed E-state index contributed by atoms with van der Waals surface area (Å²) < 4.78 is 1.71. The van der Waals surface area contributed by atoms with E-state index in [1.807, 2.05) is 13.2 Å². The van der Waals surface area contributed by atoms with Crippen molar-refractivity contribution in [3.63, 3.8) is 0 Å². The third kappa shape index (κ3) is 2.92. The van der Waals surface area contributed by atoms with Gasteiger partial charge in [0.05, 0.1) is 36.3 Å². The summed E-state index contributed by atoms with van der Waals surface area (Å²) in [7, 11) is 1.84. The number of rotatable bonds is 4. The number of carbonyl (C=O) groups is 1. The Morgan fingerprint density at radius 2 is 2.24 bits per heavy atom. The molecule has 1 aliphatic carbocycles. The van der Waals surface area contributed by atoms with Crippen LogP contribution in [0.5, 0.6) is 0 Å². The van der Waals surface area contributed by atoms with Crippen molar-refractivity contribution in [3.8, 4) is 0 Å². The number of aryl methyl sites for hydroxylation is 1. The Kier molecular flexibility index (Phi) is 3.66. The Morgan fingerprint density at radius 3 is 2.81 bits per heavy atom. The van der Waals surface area contributed by atoms with Crippen molar-refractivity contribution >= 4 is 5.91 Å². The first kappa shape index (κ1) is 13.7. The molecule has 0 bridgehead atoms. The molecular formula is C14H17N5O2. The van der Waals surface area contributed by atoms with Crippen molar-refractivity contribution in [2.45, 2.75) is 25.0 Å². The summed E-state index contributed by atoms with van der Waals surface area (Å²) in [6, 6.07) is 1.47. The van der Waals surface area contributed by atoms with Gasteiger partial charge in [-0.2, -0.15) is 15.3 Å². The van der Waals surface area contributed by atoms with Crippen LogP contribution >= 0.6 is 0 Å². The topological polar surface area (TPSA) is 92.9 Å². The van der Waals surface area contributed by atoms with Gasteiger partial charge in [0.1, 0.15) is 0 Å². The minimum absolute atomic E-state index is 0.150. The van der Waals surface area contributed by atoms with Crippen LogP contribution in [0.3, 0.4) is 0 Å². The predicted molar refractivity (Wildman–Crippen MR) is 74.2 cm³/mol. The van der Waals surface area contributed by atoms with Crippen molar-refractivity contribution in [2.24, 2.45) is 13.0 Å². The average Bonchev–Trinajstić information content (AvgIpc) is 2.89. The summed E-state index contributed by atoms with van der Waals surface area (Å²) in [5, 5.41) is 24.1. The SMILES string of the molecule is Cn1cc(C(NC(=O)c2ccnnc2)C2CC(O)C2)cn1. The van der Waals surface area contributed by atoms with Crippen LogP contribution in [0.15, 0.2) is 30.9 Å². The van der Waals surface area contributed by atoms with E-state index < -0.39 is 0 Å². The molecule has 3 rings (SSSR count). The molecule has 0 aromatic carbocycles. The fraction of sp³-hybridized carbons (Fsp3) is 0.429. The van der Waals surface area contributed by atoms with E-state index in [9.17, 15) is 9.90 Å². The molecule has 1 unspecified atom stereocenters. The highest BCUT2D eigenvalue weighted by molar-refractivity contribution is 5.94. The zero-order valence-electron chi connectivity index (χ0n) is 11.7. The highest BCUT2D eigenvalue weighted by Gasteiger charge is 2.36. The summed E-state index contributed by atoms with van der Waals surface area (Å²) >= 11 is 0. The van der Waals surface area contributed by atoms with Gasteiger partial charge in [0, 0.05) is 18.8 Å². The Morgan fingerprint density at radius 1 is 1.43 bits per heavy atom. The Balaban J connectivity index is 1.78. The molecule has 0 radical (unpaired) electrons. The molecule has 110 valence electrons. The van der Waals surface area contributed by atoms with Gasteiger partial charge in [-0.05, 0) is 24.8 Å². The van der Waals surface area contributed by atoms with Crippen molar-refractivity contribution in [1.29, 1.82) is 0 Å². The van der Waals surface area contributed by atoms with Crippen LogP contribution in [0.1, 0.15) is 34.8 Å². The first-order valence-electron chi connectivity index (χ1n) is 6.87. The van der Waals surface area contributed by atoms with Gasteiger partial charge in [-0.25, -0.2) is 0 Å². The van der Waals surface area contributed by atoms with Crippen molar-refractivity contribution in [3.05, 3.63) is 42.0 Å². The number of carbonyl (C=O) groups excluding carboxylic acids is 1. The maximum absolute atomic E-state index is 12.3. The highest BCUT2D eigenvalue weighted by Crippen LogP contribution is 2.38. The third-order valence-electron chi connectivity index (χ3n) is 3.84. The normalized spacial score (nSPS) is 22.4. The van der Waals surface area contributed by atoms with E-state index in [0.29, 0.717) is 18.4 Å². The van der Waals surface area contributed by atoms with Crippen molar-refractivity contribution < 1.29 is 9.90 Å². The maximum atomic E-state index is 12.3. The molecule has 1 fully saturated rings. The van der Waals surface area contributed by atoms with Gasteiger partial charge in [-0.1, -0.05) is 0 Å². The predicted octanol–water partition coefficient (Wildman–Crippen LogP) is 0.452. The van der Waals surface area contributed by atoms with Crippen molar-refractivity contribution in [1.82, 2.24) is 25.3 Å². The lowest BCUT2D eigenvalue weighted by atomic mass is 9.75. The largest absolute Gasteiger partial charge is 0.393 e. The lowest BCUT2D eigenvalue weighted by molar-refractivity contribution is 0.0235. The van der Waals surface area contributed by atoms with Crippen LogP contribution in [0, 0.1) is 5.92 Å². The summed E-state index contributed by atoms with van der Waals surface area (Å²) in [4.78, 5) is 12.3. The summed E-state index contributed by atoms with van der Waals surface area (Å²) in [5.41, 5.74) is 1.42. The molecule has 0 spiro atoms. The molecule has 1 atom stereocenters. The minimum atomic E-state index is -0.270. The molecule has 0 saturated heterocycles. The summed E-state index contributed by atoms with van der Waals surface area (Å²) in [6.07, 6.45) is 7.67. The van der Waals surface area contributed by atoms with Crippen molar-refractivity contribution in [2.75, 3.05) is 0 Å². The molecule has 1 aliphatic rings. The third-order valence-corrected chi connectivity index (χ3v) is 3.84. The van der Waals surface area contributed by atoms with Gasteiger partial charge in [-0.3, -0.25) is 9.48 Å². The molecule has 1 saturated carbocycles. The van der Waals surface area contributed by atoms with E-state index in [-0.39, 0.29) is 24.0 Å². The molecule has 1 amide bonds. The first-order valence-corrected chi connectivity index (χ1v) is 6.87. The lowest BCUT2D eigenvalue weighted by Gasteiger charge is -2.37. The molecule has 2 N–H and O–H groups in total. The number of aliphatic hydroxyl groups is 1. The molecular weight excluding hydrogens is 270 g/mol. The second kappa shape index (κ2) is 5.61. The average molecular weight is 287 g/mol. The smallest absolute Gasteiger partial charge is 0.253 e. The first-order chi connectivity index (χ1) is 10.1. The second-order valence-electron chi connectivity index (χ2n) is 5.41. The van der Waals surface area contributed by atoms with E-state index in [1.165, 1.54) is 12.4 Å². The molecule has 2 aromatic rings. The Hall–Kier alpha value is -2.28. The number of hydrogen-bond acceptors (Lipinski definition) is 5. The van der Waals surface area contributed by atoms with Crippen LogP contribution in [0.4, 0.5) is 0 Å². The number of nitrogens with zero attached hydrogens (tertiary/aromatic N) is 4. The quantitative estimate of drug-likeness (QED) is 0.851. The lowest BCUT2D eigenvalue weighted by Crippen LogP contribution is -2.41. The standard InChI is InChI=1S/C14H17N5O2/c1-19-8-11(7-17-19)13(10-4-12(20)5-10)18-14(21)9-2-3-15-16-6-9/h2-3,6-8,10,12-13,20H,4-5H2,1H3,(H,18,21). The summed E-state index contributed by atoms with van der Waals surface area (Å²) in [6.45, 7) is 0. The van der Waals surface area contributed by atoms with Crippen LogP contribution < -0.4 is 5.32 Å². The van der Waals surface area contributed by atoms with Gasteiger partial charge in [-0.15, -0.1) is 0 Å². The van der Waals surface area contributed by atoms with Crippen LogP contribution in [0.25, 0.3) is 0 Å². The molecule has 0 aliphatic heterocycles. The number of hydrogen-bond donors (Lipinski definition) is 2. The molecule has 21 heavy (non-hydrogen) atoms. The summed E-state index contributed by atoms with van der Waals surface area (Å²) in [5.74, 6) is 0.0306. The number of amides is 1. The van der Waals surface area contributed by atoms with E-state index in [0.717, 1.165) is 5.56 Å². The Labute approximate surface area is 122 Å². The molecule has 7 nitrogen and oxygen atoms in total. The van der Waals surface area contributed by atoms with E-state index >= 15 is 0 Å². The van der Waals surface area contributed by atoms with Crippen LogP contribution in [0.2, 0.25) is 0 Å². The van der Waals surface area contributed by atoms with E-state index in [4.69, 9.17) is 0 Å². The van der Waals surface area contributed by atoms with Gasteiger partial charge < -0.3 is 10.4 Å². The van der Waals surface area contributed by atoms with Gasteiger partial charge in [0.15, 0.2) is 0 Å². The van der Waals surface area contributed by atoms with Gasteiger partial charge >= 0.3 is 0 Å². The van der Waals surface area contributed by atoms with Crippen LogP contribution in [-0.2, 0) is 7.05 Å². The van der Waals surface area contributed by atoms with Gasteiger partial charge in [0.2, 0.25) is 0 Å². The number of nitrogens with one attached hydrogen (secondary N) is 1. The monoisotopic (exact) mass is 287 g/mol.